The van der Waals surface area contributed by atoms with Crippen molar-refractivity contribution in [2.45, 2.75) is 96.8 Å². The summed E-state index contributed by atoms with van der Waals surface area (Å²) in [6.07, 6.45) is 17.0. The first kappa shape index (κ1) is 26.7. The number of esters is 3. The number of carbonyl (C=O) groups is 3. The van der Waals surface area contributed by atoms with Crippen molar-refractivity contribution in [1.29, 1.82) is 0 Å². The summed E-state index contributed by atoms with van der Waals surface area (Å²) in [6, 6.07) is 0. The van der Waals surface area contributed by atoms with Crippen LogP contribution in [0.5, 0.6) is 0 Å². The highest BCUT2D eigenvalue weighted by molar-refractivity contribution is 5.96. The molecule has 31 heavy (non-hydrogen) atoms. The number of carbonyl (C=O) groups excluding carboxylic acids is 3. The Kier molecular flexibility index (Phi) is 14.1. The van der Waals surface area contributed by atoms with E-state index < -0.39 is 17.9 Å². The van der Waals surface area contributed by atoms with Gasteiger partial charge in [0.15, 0.2) is 5.76 Å². The van der Waals surface area contributed by atoms with E-state index in [-0.39, 0.29) is 23.7 Å². The van der Waals surface area contributed by atoms with E-state index in [1.165, 1.54) is 78.4 Å². The third-order valence-electron chi connectivity index (χ3n) is 5.17. The minimum Gasteiger partial charge on any atom is -0.490 e. The number of rotatable bonds is 17. The second-order valence-corrected chi connectivity index (χ2v) is 7.75. The van der Waals surface area contributed by atoms with Crippen molar-refractivity contribution in [2.24, 2.45) is 0 Å². The number of hydrogen-bond acceptors (Lipinski definition) is 7. The molecule has 0 aromatic heterocycles. The molecule has 0 amide bonds. The molecule has 1 rings (SSSR count). The molecule has 0 aliphatic carbocycles. The predicted octanol–water partition coefficient (Wildman–Crippen LogP) is 5.48. The molecule has 0 aromatic carbocycles. The maximum Gasteiger partial charge on any atom is 0.384 e. The van der Waals surface area contributed by atoms with Crippen molar-refractivity contribution in [3.8, 4) is 0 Å². The quantitative estimate of drug-likeness (QED) is 0.128. The minimum absolute atomic E-state index is 0.0888. The summed E-state index contributed by atoms with van der Waals surface area (Å²) in [7, 11) is 2.49. The van der Waals surface area contributed by atoms with Crippen LogP contribution in [0, 0.1) is 0 Å². The first-order chi connectivity index (χ1) is 15.0. The molecule has 176 valence electrons. The summed E-state index contributed by atoms with van der Waals surface area (Å²) in [4.78, 5) is 35.3. The number of hydrogen-bond donors (Lipinski definition) is 0. The maximum atomic E-state index is 12.1. The molecule has 0 saturated carbocycles. The van der Waals surface area contributed by atoms with E-state index in [4.69, 9.17) is 14.2 Å². The number of unbranched alkanes of at least 4 members (excludes halogenated alkanes) is 12. The molecule has 1 heterocycles. The third-order valence-corrected chi connectivity index (χ3v) is 5.17. The summed E-state index contributed by atoms with van der Waals surface area (Å²) in [5, 5.41) is 0. The van der Waals surface area contributed by atoms with Crippen LogP contribution in [-0.2, 0) is 33.3 Å². The van der Waals surface area contributed by atoms with Crippen molar-refractivity contribution in [3.05, 3.63) is 23.4 Å². The van der Waals surface area contributed by atoms with Crippen LogP contribution in [0.1, 0.15) is 96.8 Å². The van der Waals surface area contributed by atoms with Gasteiger partial charge < -0.3 is 18.9 Å². The van der Waals surface area contributed by atoms with E-state index in [0.717, 1.165) is 18.9 Å². The fraction of sp³-hybridized carbons (Fsp3) is 0.708. The van der Waals surface area contributed by atoms with Crippen LogP contribution in [0.2, 0.25) is 0 Å². The van der Waals surface area contributed by atoms with Crippen molar-refractivity contribution in [3.63, 3.8) is 0 Å². The van der Waals surface area contributed by atoms with Gasteiger partial charge in [0.25, 0.3) is 5.76 Å². The fourth-order valence-corrected chi connectivity index (χ4v) is 3.39. The molecule has 0 spiro atoms. The summed E-state index contributed by atoms with van der Waals surface area (Å²) in [5.74, 6) is -2.67. The van der Waals surface area contributed by atoms with Crippen LogP contribution in [0.15, 0.2) is 23.4 Å². The van der Waals surface area contributed by atoms with Gasteiger partial charge in [0.05, 0.1) is 20.3 Å². The fourth-order valence-electron chi connectivity index (χ4n) is 3.39. The minimum atomic E-state index is -0.870. The highest BCUT2D eigenvalue weighted by Gasteiger charge is 2.35. The van der Waals surface area contributed by atoms with Crippen LogP contribution >= 0.6 is 0 Å². The van der Waals surface area contributed by atoms with Crippen LogP contribution in [-0.4, -0.2) is 32.1 Å². The number of cyclic esters (lactones) is 1. The van der Waals surface area contributed by atoms with Gasteiger partial charge in [0, 0.05) is 6.42 Å². The average molecular weight is 439 g/mol. The van der Waals surface area contributed by atoms with Crippen molar-refractivity contribution in [1.82, 2.24) is 0 Å². The molecule has 1 aliphatic rings. The monoisotopic (exact) mass is 438 g/mol. The summed E-state index contributed by atoms with van der Waals surface area (Å²) in [5.41, 5.74) is 0. The summed E-state index contributed by atoms with van der Waals surface area (Å²) in [6.45, 7) is 2.24. The van der Waals surface area contributed by atoms with E-state index >= 15 is 0 Å². The lowest BCUT2D eigenvalue weighted by Gasteiger charge is -2.05. The standard InChI is InChI=1S/C24H38O7/c1-4-5-6-7-8-9-10-11-12-13-14-15-16-17-20(25)31-23-22(29-3)19(30-24(23)27)18-21(26)28-2/h18H,4-17H2,1-3H3. The first-order valence-electron chi connectivity index (χ1n) is 11.5. The smallest absolute Gasteiger partial charge is 0.384 e. The molecule has 0 radical (unpaired) electrons. The second kappa shape index (κ2) is 16.4. The van der Waals surface area contributed by atoms with E-state index in [2.05, 4.69) is 11.7 Å². The van der Waals surface area contributed by atoms with Gasteiger partial charge >= 0.3 is 17.9 Å². The number of ether oxygens (including phenoxy) is 4. The molecule has 1 aliphatic heterocycles. The Morgan fingerprint density at radius 2 is 1.32 bits per heavy atom. The highest BCUT2D eigenvalue weighted by Crippen LogP contribution is 2.28. The highest BCUT2D eigenvalue weighted by atomic mass is 16.6. The van der Waals surface area contributed by atoms with Gasteiger partial charge in [-0.15, -0.1) is 0 Å². The van der Waals surface area contributed by atoms with E-state index in [9.17, 15) is 14.4 Å². The molecule has 0 unspecified atom stereocenters. The van der Waals surface area contributed by atoms with Gasteiger partial charge in [0.2, 0.25) is 5.76 Å². The Morgan fingerprint density at radius 3 is 1.81 bits per heavy atom. The zero-order valence-electron chi connectivity index (χ0n) is 19.3. The Labute approximate surface area is 186 Å². The van der Waals surface area contributed by atoms with Gasteiger partial charge in [-0.25, -0.2) is 9.59 Å². The molecule has 0 saturated heterocycles. The zero-order valence-corrected chi connectivity index (χ0v) is 19.3. The SMILES string of the molecule is CCCCCCCCCCCCCCCC(=O)OC1=C(OC)C(=CC(=O)OC)OC1=O. The number of methoxy groups -OCH3 is 2. The Bertz CT molecular complexity index is 634. The molecule has 0 atom stereocenters. The van der Waals surface area contributed by atoms with Crippen LogP contribution in [0.4, 0.5) is 0 Å². The van der Waals surface area contributed by atoms with E-state index in [0.29, 0.717) is 6.42 Å². The summed E-state index contributed by atoms with van der Waals surface area (Å²) < 4.78 is 19.6. The predicted molar refractivity (Wildman–Crippen MR) is 117 cm³/mol. The third kappa shape index (κ3) is 11.0. The lowest BCUT2D eigenvalue weighted by atomic mass is 10.0. The van der Waals surface area contributed by atoms with Crippen molar-refractivity contribution < 1.29 is 33.3 Å². The van der Waals surface area contributed by atoms with E-state index in [1.54, 1.807) is 0 Å². The summed E-state index contributed by atoms with van der Waals surface area (Å²) >= 11 is 0. The van der Waals surface area contributed by atoms with Crippen molar-refractivity contribution in [2.75, 3.05) is 14.2 Å². The normalized spacial score (nSPS) is 14.7. The van der Waals surface area contributed by atoms with Crippen LogP contribution in [0.3, 0.4) is 0 Å². The molecule has 0 fully saturated rings. The molecule has 7 nitrogen and oxygen atoms in total. The molecule has 0 bridgehead atoms. The molecule has 0 aromatic rings. The van der Waals surface area contributed by atoms with Gasteiger partial charge in [-0.05, 0) is 6.42 Å². The Morgan fingerprint density at radius 1 is 0.806 bits per heavy atom. The average Bonchev–Trinajstić information content (AvgIpc) is 3.04. The van der Waals surface area contributed by atoms with Gasteiger partial charge in [-0.3, -0.25) is 4.79 Å². The Balaban J connectivity index is 2.17. The van der Waals surface area contributed by atoms with Gasteiger partial charge in [0.1, 0.15) is 0 Å². The van der Waals surface area contributed by atoms with Gasteiger partial charge in [-0.2, -0.15) is 0 Å². The molecular weight excluding hydrogens is 400 g/mol. The molecular formula is C24H38O7. The van der Waals surface area contributed by atoms with Crippen LogP contribution in [0.25, 0.3) is 0 Å². The van der Waals surface area contributed by atoms with Crippen molar-refractivity contribution >= 4 is 17.9 Å². The van der Waals surface area contributed by atoms with Gasteiger partial charge in [-0.1, -0.05) is 84.0 Å². The maximum absolute atomic E-state index is 12.1. The molecule has 0 N–H and O–H groups in total. The van der Waals surface area contributed by atoms with E-state index in [1.807, 2.05) is 0 Å². The lowest BCUT2D eigenvalue weighted by molar-refractivity contribution is -0.147. The van der Waals surface area contributed by atoms with Crippen LogP contribution < -0.4 is 0 Å². The zero-order chi connectivity index (χ0) is 22.9. The largest absolute Gasteiger partial charge is 0.490 e. The molecule has 7 heteroatoms. The Hall–Kier alpha value is -2.31. The topological polar surface area (TPSA) is 88.1 Å². The second-order valence-electron chi connectivity index (χ2n) is 7.75. The first-order valence-corrected chi connectivity index (χ1v) is 11.5. The lowest BCUT2D eigenvalue weighted by Crippen LogP contribution is -2.10.